The van der Waals surface area contributed by atoms with Crippen molar-refractivity contribution >= 4 is 81.5 Å². The predicted molar refractivity (Wildman–Crippen MR) is 412 cm³/mol. The molecule has 0 saturated carbocycles. The predicted octanol–water partition coefficient (Wildman–Crippen LogP) is 6.11. The lowest BCUT2D eigenvalue weighted by Crippen LogP contribution is -2.54. The highest BCUT2D eigenvalue weighted by Crippen LogP contribution is 2.35. The second-order valence-electron chi connectivity index (χ2n) is 28.0. The van der Waals surface area contributed by atoms with Gasteiger partial charge in [0.2, 0.25) is 22.2 Å². The number of fused-ring (bicyclic) bond motifs is 4. The second-order valence-corrected chi connectivity index (χ2v) is 29.4. The Balaban J connectivity index is 0.000000142. The normalized spacial score (nSPS) is 19.7. The molecular weight excluding hydrogens is 1670 g/mol. The molecule has 16 amide bonds. The minimum absolute atomic E-state index is 0.0145. The molecule has 8 aliphatic heterocycles. The summed E-state index contributed by atoms with van der Waals surface area (Å²) < 4.78 is 154. The molecule has 0 spiro atoms. The molecule has 0 bridgehead atoms. The minimum Gasteiger partial charge on any atom is -0.497 e. The fraction of sp³-hybridized carbons (Fsp3) is 0.190. The van der Waals surface area contributed by atoms with E-state index in [4.69, 9.17) is 14.0 Å². The van der Waals surface area contributed by atoms with Crippen LogP contribution < -0.4 is 61.5 Å². The lowest BCUT2D eigenvalue weighted by atomic mass is 9.99. The number of urea groups is 4. The quantitative estimate of drug-likeness (QED) is 0.0242. The molecule has 0 aliphatic carbocycles. The number of nitrogens with zero attached hydrogens (tertiary/aromatic N) is 4. The number of nitrogens with one attached hydrogen (secondary N) is 8. The number of imide groups is 4. The summed E-state index contributed by atoms with van der Waals surface area (Å²) in [6.07, 6.45) is 0. The largest absolute Gasteiger partial charge is 0.497 e. The number of carbonyl (C=O) groups excluding carboxylic acids is 12. The fourth-order valence-corrected chi connectivity index (χ4v) is 14.2. The molecule has 8 aromatic carbocycles. The van der Waals surface area contributed by atoms with Crippen LogP contribution in [0.5, 0.6) is 23.0 Å². The minimum atomic E-state index is -4.35. The van der Waals surface area contributed by atoms with Crippen LogP contribution in [0.4, 0.5) is 54.3 Å². The summed E-state index contributed by atoms with van der Waals surface area (Å²) in [7, 11) is -1.33. The molecule has 40 heteroatoms. The Morgan fingerprint density at radius 3 is 1.02 bits per heavy atom. The molecule has 124 heavy (non-hydrogen) atoms. The van der Waals surface area contributed by atoms with E-state index < -0.39 is 141 Å². The van der Waals surface area contributed by atoms with E-state index in [-0.39, 0.29) is 83.2 Å². The summed E-state index contributed by atoms with van der Waals surface area (Å²) in [5.74, 6) is 13.5. The van der Waals surface area contributed by atoms with Crippen LogP contribution in [-0.4, -0.2) is 180 Å². The number of amides is 16. The molecule has 4 fully saturated rings. The molecule has 16 rings (SSSR count). The maximum atomic E-state index is 13.9. The van der Waals surface area contributed by atoms with Crippen molar-refractivity contribution in [1.29, 1.82) is 0 Å². The Morgan fingerprint density at radius 2 is 0.702 bits per heavy atom. The third kappa shape index (κ3) is 18.9. The van der Waals surface area contributed by atoms with E-state index in [1.54, 1.807) is 42.5 Å². The smallest absolute Gasteiger partial charge is 0.387 e. The average Bonchev–Trinajstić information content (AvgIpc) is 1.65. The Bertz CT molecular complexity index is 6250. The lowest BCUT2D eigenvalue weighted by molar-refractivity contribution is -0.123. The van der Waals surface area contributed by atoms with Crippen molar-refractivity contribution in [3.63, 3.8) is 0 Å². The number of hydrogen-bond acceptors (Lipinski definition) is 18. The number of methoxy groups -OCH3 is 2. The Morgan fingerprint density at radius 1 is 0.379 bits per heavy atom. The third-order valence-electron chi connectivity index (χ3n) is 19.6. The summed E-state index contributed by atoms with van der Waals surface area (Å²) in [4.78, 5) is 154. The third-order valence-corrected chi connectivity index (χ3v) is 20.5. The number of hydrogen-bond donors (Lipinski definition) is 9. The molecule has 4 atom stereocenters. The van der Waals surface area contributed by atoms with Crippen molar-refractivity contribution < 1.29 is 125 Å². The van der Waals surface area contributed by atoms with Gasteiger partial charge in [-0.15, -0.1) is 0 Å². The van der Waals surface area contributed by atoms with Crippen LogP contribution in [0.1, 0.15) is 85.9 Å². The second kappa shape index (κ2) is 34.9. The van der Waals surface area contributed by atoms with Gasteiger partial charge in [-0.3, -0.25) is 64.2 Å². The SMILES string of the molecule is COc1ccc2c(c1)C(=O)N(C[C@@]1(C#Cc3ccc(S(=O)(=O)O)cc3)NC(=O)NC1=O)C2.COc1ccc2c(c1)C(=O)N(C[C@@]1(C#Cc3ccccc3)NC(=O)NC1=O)C2.O=C1NC(=O)C(C#Cc2ccc(F)cc2F)(CN2Cc3ccc(OC(F)F)cc3C2=O)N1.O=C1NC(=O)[C@](C#Cc2cc(F)cc(F)c2)(CN2Cc3ccc(OC(F)F)cc3C2=O)N1. The monoisotopic (exact) mass is 1720 g/mol. The van der Waals surface area contributed by atoms with Crippen LogP contribution >= 0.6 is 0 Å². The van der Waals surface area contributed by atoms with Gasteiger partial charge in [0.05, 0.1) is 50.9 Å². The van der Waals surface area contributed by atoms with E-state index in [0.29, 0.717) is 63.6 Å². The van der Waals surface area contributed by atoms with Gasteiger partial charge in [-0.05, 0) is 131 Å². The van der Waals surface area contributed by atoms with Gasteiger partial charge in [-0.2, -0.15) is 26.0 Å². The van der Waals surface area contributed by atoms with Crippen LogP contribution in [0.25, 0.3) is 0 Å². The topological polar surface area (TPSA) is 405 Å². The van der Waals surface area contributed by atoms with Gasteiger partial charge < -0.3 is 59.8 Å². The molecule has 31 nitrogen and oxygen atoms in total. The number of rotatable bonds is 15. The molecule has 8 aromatic rings. The number of alkyl halides is 4. The van der Waals surface area contributed by atoms with Crippen molar-refractivity contribution in [2.75, 3.05) is 40.4 Å². The van der Waals surface area contributed by atoms with E-state index >= 15 is 0 Å². The molecule has 8 heterocycles. The molecule has 0 aromatic heterocycles. The van der Waals surface area contributed by atoms with E-state index in [9.17, 15) is 101 Å². The number of halogens is 8. The van der Waals surface area contributed by atoms with Crippen molar-refractivity contribution in [1.82, 2.24) is 62.1 Å². The van der Waals surface area contributed by atoms with E-state index in [1.807, 2.05) is 34.9 Å². The molecule has 9 N–H and O–H groups in total. The summed E-state index contributed by atoms with van der Waals surface area (Å²) >= 11 is 0. The van der Waals surface area contributed by atoms with Crippen molar-refractivity contribution in [2.45, 2.75) is 66.5 Å². The zero-order valence-electron chi connectivity index (χ0n) is 63.9. The van der Waals surface area contributed by atoms with Crippen LogP contribution in [0.15, 0.2) is 169 Å². The van der Waals surface area contributed by atoms with Gasteiger partial charge >= 0.3 is 37.3 Å². The molecule has 0 radical (unpaired) electrons. The molecule has 1 unspecified atom stereocenters. The van der Waals surface area contributed by atoms with E-state index in [1.165, 1.54) is 70.2 Å². The van der Waals surface area contributed by atoms with Gasteiger partial charge in [0.25, 0.3) is 57.4 Å². The lowest BCUT2D eigenvalue weighted by Gasteiger charge is -2.26. The molecule has 4 saturated heterocycles. The van der Waals surface area contributed by atoms with Gasteiger partial charge in [-0.1, -0.05) is 89.8 Å². The Labute approximate surface area is 696 Å². The Hall–Kier alpha value is -15.8. The van der Waals surface area contributed by atoms with Crippen molar-refractivity contribution in [3.8, 4) is 70.4 Å². The zero-order valence-corrected chi connectivity index (χ0v) is 64.7. The maximum Gasteiger partial charge on any atom is 0.387 e. The first-order valence-electron chi connectivity index (χ1n) is 36.3. The van der Waals surface area contributed by atoms with Gasteiger partial charge in [0, 0.05) is 77.3 Å². The number of benzene rings is 8. The summed E-state index contributed by atoms with van der Waals surface area (Å²) in [5.41, 5.74) is -2.50. The van der Waals surface area contributed by atoms with E-state index in [2.05, 4.69) is 88.7 Å². The van der Waals surface area contributed by atoms with Crippen LogP contribution in [-0.2, 0) is 55.5 Å². The zero-order chi connectivity index (χ0) is 88.9. The standard InChI is InChI=1S/2C21H13F4N3O4.C21H17N3O7S.C21H17N3O4/c22-13-3-1-11(16(23)7-13)5-6-21(18(30)26-20(31)27-21)10-28-9-12-2-4-14(32-19(24)25)8-15(12)17(28)29;22-13-5-11(6-14(23)7-13)3-4-21(18(30)26-20(31)27-21)10-28-9-12-1-2-15(32-19(24)25)8-16(12)17(28)29;1-31-15-5-4-14-11-24(18(25)17(14)10-15)12-21(19(26)22-20(27)23-21)9-8-13-2-6-16(7-3-13)32(28,29)30;1-28-16-8-7-15-12-24(18(25)17(15)11-16)13-21(19(26)22-20(27)23-21)10-9-14-5-3-2-4-6-14/h1-4,7-8,19H,9-10H2,(H2,26,27,30,31);1-2,5-8,19H,9-10H2,(H2,26,27,30,31);2-7,10H,11-12H2,1H3,(H,28,29,30)(H2,22,23,26,27);2-8,11H,12-13H2,1H3,(H2,22,23,26,27)/t;3*21-/m.011/s1. The first-order valence-corrected chi connectivity index (χ1v) is 37.7. The van der Waals surface area contributed by atoms with E-state index in [0.717, 1.165) is 59.7 Å². The van der Waals surface area contributed by atoms with Crippen molar-refractivity contribution in [3.05, 3.63) is 254 Å². The molecular formula is C84H60F8N12O19S. The summed E-state index contributed by atoms with van der Waals surface area (Å²) in [6, 6.07) is 34.4. The van der Waals surface area contributed by atoms with Gasteiger partial charge in [0.15, 0.2) is 0 Å². The van der Waals surface area contributed by atoms with Crippen LogP contribution in [0.2, 0.25) is 0 Å². The Kier molecular flexibility index (Phi) is 24.2. The number of carbonyl (C=O) groups is 12. The highest BCUT2D eigenvalue weighted by atomic mass is 32.2. The van der Waals surface area contributed by atoms with Crippen LogP contribution in [0.3, 0.4) is 0 Å². The first-order chi connectivity index (χ1) is 58.9. The maximum absolute atomic E-state index is 13.9. The highest BCUT2D eigenvalue weighted by molar-refractivity contribution is 7.85. The van der Waals surface area contributed by atoms with Gasteiger partial charge in [0.1, 0.15) is 46.3 Å². The summed E-state index contributed by atoms with van der Waals surface area (Å²) in [6.45, 7) is -6.59. The van der Waals surface area contributed by atoms with Crippen molar-refractivity contribution in [2.24, 2.45) is 0 Å². The van der Waals surface area contributed by atoms with Crippen LogP contribution in [0, 0.1) is 70.6 Å². The highest BCUT2D eigenvalue weighted by Gasteiger charge is 2.53. The first kappa shape index (κ1) is 86.1. The summed E-state index contributed by atoms with van der Waals surface area (Å²) in [5, 5.41) is 18.2. The number of ether oxygens (including phenoxy) is 4. The molecule has 632 valence electrons. The fourth-order valence-electron chi connectivity index (χ4n) is 13.7. The van der Waals surface area contributed by atoms with Gasteiger partial charge in [-0.25, -0.2) is 36.7 Å². The average molecular weight is 1730 g/mol. The molecule has 8 aliphatic rings.